The van der Waals surface area contributed by atoms with Crippen molar-refractivity contribution in [1.82, 2.24) is 10.2 Å². The molecule has 0 aliphatic carbocycles. The normalized spacial score (nSPS) is 19.4. The summed E-state index contributed by atoms with van der Waals surface area (Å²) >= 11 is 6.04. The average molecular weight is 269 g/mol. The molecule has 0 amide bonds. The fourth-order valence-electron chi connectivity index (χ4n) is 2.54. The third kappa shape index (κ3) is 3.61. The van der Waals surface area contributed by atoms with Crippen molar-refractivity contribution in [2.75, 3.05) is 33.8 Å². The molecule has 1 aliphatic heterocycles. The van der Waals surface area contributed by atoms with E-state index in [2.05, 4.69) is 17.3 Å². The number of nitrogens with zero attached hydrogens (tertiary/aromatic N) is 1. The van der Waals surface area contributed by atoms with Crippen LogP contribution in [0.3, 0.4) is 0 Å². The molecular formula is C14H21ClN2O. The van der Waals surface area contributed by atoms with Crippen molar-refractivity contribution in [2.45, 2.75) is 13.0 Å². The quantitative estimate of drug-likeness (QED) is 0.888. The molecule has 1 heterocycles. The summed E-state index contributed by atoms with van der Waals surface area (Å²) in [5.41, 5.74) is 1.15. The van der Waals surface area contributed by atoms with Gasteiger partial charge in [0.1, 0.15) is 5.75 Å². The second-order valence-corrected chi connectivity index (χ2v) is 5.45. The topological polar surface area (TPSA) is 24.5 Å². The number of hydrogen-bond acceptors (Lipinski definition) is 3. The third-order valence-electron chi connectivity index (χ3n) is 3.41. The second-order valence-electron chi connectivity index (χ2n) is 5.01. The summed E-state index contributed by atoms with van der Waals surface area (Å²) in [6.07, 6.45) is 1.27. The highest BCUT2D eigenvalue weighted by molar-refractivity contribution is 6.30. The van der Waals surface area contributed by atoms with E-state index in [1.54, 1.807) is 7.11 Å². The van der Waals surface area contributed by atoms with Gasteiger partial charge in [-0.3, -0.25) is 0 Å². The van der Waals surface area contributed by atoms with E-state index in [9.17, 15) is 0 Å². The minimum atomic E-state index is 0.764. The van der Waals surface area contributed by atoms with Gasteiger partial charge in [0.2, 0.25) is 0 Å². The van der Waals surface area contributed by atoms with E-state index in [1.807, 2.05) is 18.2 Å². The van der Waals surface area contributed by atoms with E-state index in [4.69, 9.17) is 16.3 Å². The molecule has 100 valence electrons. The van der Waals surface area contributed by atoms with Crippen LogP contribution in [0.5, 0.6) is 5.75 Å². The predicted molar refractivity (Wildman–Crippen MR) is 75.3 cm³/mol. The summed E-state index contributed by atoms with van der Waals surface area (Å²) in [6.45, 7) is 4.28. The molecule has 0 bridgehead atoms. The molecule has 0 radical (unpaired) electrons. The molecule has 3 nitrogen and oxygen atoms in total. The van der Waals surface area contributed by atoms with Crippen LogP contribution in [-0.2, 0) is 6.54 Å². The van der Waals surface area contributed by atoms with E-state index >= 15 is 0 Å². The van der Waals surface area contributed by atoms with Crippen molar-refractivity contribution >= 4 is 11.6 Å². The van der Waals surface area contributed by atoms with Crippen LogP contribution in [0.4, 0.5) is 0 Å². The Bertz CT molecular complexity index is 391. The van der Waals surface area contributed by atoms with Crippen LogP contribution in [-0.4, -0.2) is 38.7 Å². The van der Waals surface area contributed by atoms with Gasteiger partial charge in [0, 0.05) is 23.7 Å². The summed E-state index contributed by atoms with van der Waals surface area (Å²) in [5.74, 6) is 1.68. The number of hydrogen-bond donors (Lipinski definition) is 1. The van der Waals surface area contributed by atoms with Gasteiger partial charge >= 0.3 is 0 Å². The van der Waals surface area contributed by atoms with E-state index in [-0.39, 0.29) is 0 Å². The number of rotatable bonds is 5. The van der Waals surface area contributed by atoms with Crippen molar-refractivity contribution in [3.05, 3.63) is 28.8 Å². The molecule has 4 heteroatoms. The largest absolute Gasteiger partial charge is 0.496 e. The molecule has 1 aromatic rings. The van der Waals surface area contributed by atoms with Crippen molar-refractivity contribution in [2.24, 2.45) is 5.92 Å². The van der Waals surface area contributed by atoms with E-state index in [0.29, 0.717) is 0 Å². The molecule has 1 saturated heterocycles. The first-order chi connectivity index (χ1) is 8.69. The lowest BCUT2D eigenvalue weighted by Crippen LogP contribution is -2.26. The molecule has 2 rings (SSSR count). The Morgan fingerprint density at radius 1 is 1.50 bits per heavy atom. The first kappa shape index (κ1) is 13.7. The van der Waals surface area contributed by atoms with Gasteiger partial charge in [-0.05, 0) is 50.7 Å². The first-order valence-corrected chi connectivity index (χ1v) is 6.78. The Kier molecular flexibility index (Phi) is 4.87. The summed E-state index contributed by atoms with van der Waals surface area (Å²) in [7, 11) is 3.85. The zero-order chi connectivity index (χ0) is 13.0. The molecule has 0 saturated carbocycles. The van der Waals surface area contributed by atoms with Gasteiger partial charge in [-0.2, -0.15) is 0 Å². The van der Waals surface area contributed by atoms with Gasteiger partial charge in [0.05, 0.1) is 7.11 Å². The zero-order valence-electron chi connectivity index (χ0n) is 11.1. The number of ether oxygens (including phenoxy) is 1. The minimum absolute atomic E-state index is 0.764. The Balaban J connectivity index is 1.96. The summed E-state index contributed by atoms with van der Waals surface area (Å²) in [6, 6.07) is 5.79. The predicted octanol–water partition coefficient (Wildman–Crippen LogP) is 2.39. The van der Waals surface area contributed by atoms with E-state index in [0.717, 1.165) is 48.4 Å². The Labute approximate surface area is 114 Å². The second kappa shape index (κ2) is 6.41. The number of benzene rings is 1. The molecule has 1 fully saturated rings. The highest BCUT2D eigenvalue weighted by Crippen LogP contribution is 2.24. The molecule has 1 N–H and O–H groups in total. The molecule has 0 aromatic heterocycles. The molecular weight excluding hydrogens is 248 g/mol. The fraction of sp³-hybridized carbons (Fsp3) is 0.571. The van der Waals surface area contributed by atoms with Crippen molar-refractivity contribution < 1.29 is 4.74 Å². The van der Waals surface area contributed by atoms with Crippen LogP contribution in [0.1, 0.15) is 12.0 Å². The van der Waals surface area contributed by atoms with Crippen LogP contribution >= 0.6 is 11.6 Å². The minimum Gasteiger partial charge on any atom is -0.496 e. The highest BCUT2D eigenvalue weighted by Gasteiger charge is 2.17. The molecule has 1 atom stereocenters. The maximum absolute atomic E-state index is 6.04. The number of nitrogens with one attached hydrogen (secondary N) is 1. The lowest BCUT2D eigenvalue weighted by molar-refractivity contribution is 0.273. The van der Waals surface area contributed by atoms with Crippen LogP contribution in [0.25, 0.3) is 0 Å². The lowest BCUT2D eigenvalue weighted by atomic mass is 10.1. The summed E-state index contributed by atoms with van der Waals surface area (Å²) < 4.78 is 5.37. The maximum atomic E-state index is 6.04. The number of methoxy groups -OCH3 is 1. The standard InChI is InChI=1S/C14H21ClN2O/c1-17(9-11-5-6-16-8-11)10-12-7-13(15)3-4-14(12)18-2/h3-4,7,11,16H,5-6,8-10H2,1-2H3. The van der Waals surface area contributed by atoms with E-state index < -0.39 is 0 Å². The van der Waals surface area contributed by atoms with Gasteiger partial charge in [-0.25, -0.2) is 0 Å². The number of halogens is 1. The van der Waals surface area contributed by atoms with Gasteiger partial charge in [-0.15, -0.1) is 0 Å². The zero-order valence-corrected chi connectivity index (χ0v) is 11.8. The van der Waals surface area contributed by atoms with Gasteiger partial charge in [0.15, 0.2) is 0 Å². The van der Waals surface area contributed by atoms with Gasteiger partial charge in [-0.1, -0.05) is 11.6 Å². The highest BCUT2D eigenvalue weighted by atomic mass is 35.5. The van der Waals surface area contributed by atoms with Crippen LogP contribution in [0.2, 0.25) is 5.02 Å². The van der Waals surface area contributed by atoms with Crippen molar-refractivity contribution in [3.63, 3.8) is 0 Å². The van der Waals surface area contributed by atoms with Gasteiger partial charge in [0.25, 0.3) is 0 Å². The van der Waals surface area contributed by atoms with Crippen molar-refractivity contribution in [1.29, 1.82) is 0 Å². The summed E-state index contributed by atoms with van der Waals surface area (Å²) in [4.78, 5) is 2.34. The lowest BCUT2D eigenvalue weighted by Gasteiger charge is -2.21. The van der Waals surface area contributed by atoms with Crippen LogP contribution in [0, 0.1) is 5.92 Å². The molecule has 1 unspecified atom stereocenters. The molecule has 1 aromatic carbocycles. The Morgan fingerprint density at radius 2 is 2.33 bits per heavy atom. The van der Waals surface area contributed by atoms with Crippen LogP contribution in [0.15, 0.2) is 18.2 Å². The maximum Gasteiger partial charge on any atom is 0.123 e. The molecule has 1 aliphatic rings. The first-order valence-electron chi connectivity index (χ1n) is 6.40. The molecule has 0 spiro atoms. The molecule has 18 heavy (non-hydrogen) atoms. The average Bonchev–Trinajstić information content (AvgIpc) is 2.82. The monoisotopic (exact) mass is 268 g/mol. The Hall–Kier alpha value is -0.770. The SMILES string of the molecule is COc1ccc(Cl)cc1CN(C)CC1CCNC1. The van der Waals surface area contributed by atoms with Gasteiger partial charge < -0.3 is 15.0 Å². The Morgan fingerprint density at radius 3 is 3.00 bits per heavy atom. The third-order valence-corrected chi connectivity index (χ3v) is 3.65. The van der Waals surface area contributed by atoms with Crippen molar-refractivity contribution in [3.8, 4) is 5.75 Å². The summed E-state index contributed by atoms with van der Waals surface area (Å²) in [5, 5.41) is 4.17. The van der Waals surface area contributed by atoms with E-state index in [1.165, 1.54) is 6.42 Å². The van der Waals surface area contributed by atoms with Crippen LogP contribution < -0.4 is 10.1 Å². The fourth-order valence-corrected chi connectivity index (χ4v) is 2.73. The smallest absolute Gasteiger partial charge is 0.123 e.